The maximum Gasteiger partial charge on any atom is 0.244 e. The van der Waals surface area contributed by atoms with E-state index in [1.807, 2.05) is 4.90 Å². The first-order valence-corrected chi connectivity index (χ1v) is 11.3. The molecular weight excluding hydrogens is 378 g/mol. The third-order valence-corrected chi connectivity index (χ3v) is 6.96. The third kappa shape index (κ3) is 4.25. The zero-order valence-electron chi connectivity index (χ0n) is 17.6. The summed E-state index contributed by atoms with van der Waals surface area (Å²) in [6.07, 6.45) is 5.98. The Balaban J connectivity index is 1.13. The number of piperazine rings is 1. The van der Waals surface area contributed by atoms with Gasteiger partial charge in [-0.15, -0.1) is 5.10 Å². The van der Waals surface area contributed by atoms with Crippen LogP contribution >= 0.6 is 0 Å². The van der Waals surface area contributed by atoms with Crippen LogP contribution in [0.3, 0.4) is 0 Å². The molecule has 2 aromatic rings. The van der Waals surface area contributed by atoms with E-state index in [9.17, 15) is 4.79 Å². The zero-order chi connectivity index (χ0) is 20.3. The van der Waals surface area contributed by atoms with Gasteiger partial charge in [0.2, 0.25) is 5.91 Å². The molecule has 0 bridgehead atoms. The van der Waals surface area contributed by atoms with Crippen LogP contribution < -0.4 is 0 Å². The van der Waals surface area contributed by atoms with E-state index in [4.69, 9.17) is 0 Å². The Morgan fingerprint density at radius 2 is 1.77 bits per heavy atom. The van der Waals surface area contributed by atoms with E-state index >= 15 is 0 Å². The molecule has 2 saturated heterocycles. The minimum absolute atomic E-state index is 0.124. The van der Waals surface area contributed by atoms with Crippen molar-refractivity contribution in [3.05, 3.63) is 41.2 Å². The van der Waals surface area contributed by atoms with E-state index in [0.717, 1.165) is 58.1 Å². The van der Waals surface area contributed by atoms with Gasteiger partial charge in [0, 0.05) is 32.2 Å². The van der Waals surface area contributed by atoms with Gasteiger partial charge in [-0.3, -0.25) is 14.6 Å². The second kappa shape index (κ2) is 8.81. The number of amides is 1. The molecule has 0 unspecified atom stereocenters. The smallest absolute Gasteiger partial charge is 0.244 e. The van der Waals surface area contributed by atoms with Crippen LogP contribution in [0.5, 0.6) is 0 Å². The molecule has 2 aliphatic heterocycles. The lowest BCUT2D eigenvalue weighted by atomic mass is 9.87. The van der Waals surface area contributed by atoms with Gasteiger partial charge in [-0.1, -0.05) is 24.3 Å². The van der Waals surface area contributed by atoms with Gasteiger partial charge in [0.05, 0.1) is 6.54 Å². The Bertz CT molecular complexity index is 868. The highest BCUT2D eigenvalue weighted by Crippen LogP contribution is 2.25. The van der Waals surface area contributed by atoms with Gasteiger partial charge < -0.3 is 4.90 Å². The number of hydrogen-bond donors (Lipinski definition) is 0. The van der Waals surface area contributed by atoms with Crippen molar-refractivity contribution in [1.29, 1.82) is 0 Å². The summed E-state index contributed by atoms with van der Waals surface area (Å²) in [4.78, 5) is 19.8. The summed E-state index contributed by atoms with van der Waals surface area (Å²) in [5.74, 6) is 0.920. The molecule has 3 aliphatic rings. The average Bonchev–Trinajstić information content (AvgIpc) is 3.46. The summed E-state index contributed by atoms with van der Waals surface area (Å²) < 4.78 is 1.69. The van der Waals surface area contributed by atoms with Crippen molar-refractivity contribution < 1.29 is 4.79 Å². The first-order valence-electron chi connectivity index (χ1n) is 11.3. The standard InChI is InChI=1S/C22H31N7O/c30-22(17-29-21(23-24-25-29)16-26-9-3-4-10-26)28-13-11-27(12-14-28)20-8-7-18-5-1-2-6-19(18)15-20/h1-2,5-6,20H,3-4,7-17H2/t20-/m0/s1. The number of carbonyl (C=O) groups excluding carboxylic acids is 1. The SMILES string of the molecule is O=C(Cn1nnnc1CN1CCCC1)N1CCN([C@H]2CCc3ccccc3C2)CC1. The van der Waals surface area contributed by atoms with E-state index in [1.54, 1.807) is 4.68 Å². The first-order chi connectivity index (χ1) is 14.8. The summed E-state index contributed by atoms with van der Waals surface area (Å²) in [5.41, 5.74) is 3.00. The maximum absolute atomic E-state index is 12.9. The Morgan fingerprint density at radius 1 is 1.00 bits per heavy atom. The molecule has 1 aliphatic carbocycles. The summed E-state index contributed by atoms with van der Waals surface area (Å²) in [7, 11) is 0. The molecule has 160 valence electrons. The molecule has 2 fully saturated rings. The number of rotatable bonds is 5. The van der Waals surface area contributed by atoms with Crippen molar-refractivity contribution in [1.82, 2.24) is 34.9 Å². The van der Waals surface area contributed by atoms with Crippen molar-refractivity contribution in [3.63, 3.8) is 0 Å². The highest BCUT2D eigenvalue weighted by atomic mass is 16.2. The molecule has 1 aromatic heterocycles. The maximum atomic E-state index is 12.9. The summed E-state index contributed by atoms with van der Waals surface area (Å²) in [5, 5.41) is 12.0. The molecule has 1 atom stereocenters. The van der Waals surface area contributed by atoms with Crippen LogP contribution in [-0.2, 0) is 30.7 Å². The average molecular weight is 410 g/mol. The minimum atomic E-state index is 0.124. The Kier molecular flexibility index (Phi) is 5.77. The fraction of sp³-hybridized carbons (Fsp3) is 0.636. The molecular formula is C22H31N7O. The molecule has 0 radical (unpaired) electrons. The fourth-order valence-electron chi connectivity index (χ4n) is 5.15. The van der Waals surface area contributed by atoms with Crippen molar-refractivity contribution in [3.8, 4) is 0 Å². The molecule has 30 heavy (non-hydrogen) atoms. The van der Waals surface area contributed by atoms with Crippen molar-refractivity contribution >= 4 is 5.91 Å². The van der Waals surface area contributed by atoms with Gasteiger partial charge in [-0.2, -0.15) is 0 Å². The van der Waals surface area contributed by atoms with Gasteiger partial charge in [-0.25, -0.2) is 4.68 Å². The minimum Gasteiger partial charge on any atom is -0.339 e. The zero-order valence-corrected chi connectivity index (χ0v) is 17.6. The van der Waals surface area contributed by atoms with Crippen LogP contribution in [0.2, 0.25) is 0 Å². The highest BCUT2D eigenvalue weighted by Gasteiger charge is 2.29. The topological polar surface area (TPSA) is 70.4 Å². The van der Waals surface area contributed by atoms with Crippen LogP contribution in [0.15, 0.2) is 24.3 Å². The Labute approximate surface area is 177 Å². The van der Waals surface area contributed by atoms with Crippen LogP contribution in [0.25, 0.3) is 0 Å². The van der Waals surface area contributed by atoms with E-state index in [2.05, 4.69) is 49.6 Å². The van der Waals surface area contributed by atoms with Crippen molar-refractivity contribution in [2.75, 3.05) is 39.3 Å². The quantitative estimate of drug-likeness (QED) is 0.733. The number of fused-ring (bicyclic) bond motifs is 1. The predicted molar refractivity (Wildman–Crippen MR) is 113 cm³/mol. The molecule has 5 rings (SSSR count). The summed E-state index contributed by atoms with van der Waals surface area (Å²) in [6.45, 7) is 6.65. The normalized spacial score (nSPS) is 22.9. The summed E-state index contributed by atoms with van der Waals surface area (Å²) >= 11 is 0. The monoisotopic (exact) mass is 409 g/mol. The number of aromatic nitrogens is 4. The van der Waals surface area contributed by atoms with Gasteiger partial charge in [0.15, 0.2) is 5.82 Å². The molecule has 0 spiro atoms. The van der Waals surface area contributed by atoms with E-state index in [1.165, 1.54) is 36.8 Å². The second-order valence-corrected chi connectivity index (χ2v) is 8.82. The summed E-state index contributed by atoms with van der Waals surface area (Å²) in [6, 6.07) is 9.43. The second-order valence-electron chi connectivity index (χ2n) is 8.82. The number of benzene rings is 1. The predicted octanol–water partition coefficient (Wildman–Crippen LogP) is 0.971. The van der Waals surface area contributed by atoms with Gasteiger partial charge >= 0.3 is 0 Å². The molecule has 0 saturated carbocycles. The molecule has 1 amide bonds. The van der Waals surface area contributed by atoms with Gasteiger partial charge in [0.25, 0.3) is 0 Å². The largest absolute Gasteiger partial charge is 0.339 e. The van der Waals surface area contributed by atoms with E-state index < -0.39 is 0 Å². The van der Waals surface area contributed by atoms with Crippen LogP contribution in [0.4, 0.5) is 0 Å². The lowest BCUT2D eigenvalue weighted by Crippen LogP contribution is -2.53. The lowest BCUT2D eigenvalue weighted by Gasteiger charge is -2.41. The molecule has 3 heterocycles. The van der Waals surface area contributed by atoms with Gasteiger partial charge in [0.1, 0.15) is 6.54 Å². The van der Waals surface area contributed by atoms with Crippen LogP contribution in [0.1, 0.15) is 36.2 Å². The van der Waals surface area contributed by atoms with Crippen molar-refractivity contribution in [2.45, 2.75) is 51.2 Å². The number of carbonyl (C=O) groups is 1. The molecule has 1 aromatic carbocycles. The molecule has 0 N–H and O–H groups in total. The third-order valence-electron chi connectivity index (χ3n) is 6.96. The number of hydrogen-bond acceptors (Lipinski definition) is 6. The van der Waals surface area contributed by atoms with Crippen LogP contribution in [-0.4, -0.2) is 86.1 Å². The molecule has 8 heteroatoms. The Hall–Kier alpha value is -2.32. The first kappa shape index (κ1) is 19.6. The Morgan fingerprint density at radius 3 is 2.57 bits per heavy atom. The number of aryl methyl sites for hydroxylation is 1. The lowest BCUT2D eigenvalue weighted by molar-refractivity contribution is -0.134. The van der Waals surface area contributed by atoms with Gasteiger partial charge in [-0.05, 0) is 66.7 Å². The van der Waals surface area contributed by atoms with Crippen molar-refractivity contribution in [2.24, 2.45) is 0 Å². The number of nitrogens with zero attached hydrogens (tertiary/aromatic N) is 7. The van der Waals surface area contributed by atoms with E-state index in [-0.39, 0.29) is 12.5 Å². The fourth-order valence-corrected chi connectivity index (χ4v) is 5.15. The van der Waals surface area contributed by atoms with E-state index in [0.29, 0.717) is 6.04 Å². The van der Waals surface area contributed by atoms with Crippen LogP contribution in [0, 0.1) is 0 Å². The molecule has 8 nitrogen and oxygen atoms in total. The number of likely N-dealkylation sites (tertiary alicyclic amines) is 1. The highest BCUT2D eigenvalue weighted by molar-refractivity contribution is 5.76. The number of tetrazole rings is 1.